The van der Waals surface area contributed by atoms with Crippen molar-refractivity contribution in [3.63, 3.8) is 0 Å². The smallest absolute Gasteiger partial charge is 0.253 e. The summed E-state index contributed by atoms with van der Waals surface area (Å²) in [6.45, 7) is 1.66. The summed E-state index contributed by atoms with van der Waals surface area (Å²) in [7, 11) is 0. The Hall–Kier alpha value is -1.78. The van der Waals surface area contributed by atoms with E-state index in [0.29, 0.717) is 5.56 Å². The lowest BCUT2D eigenvalue weighted by molar-refractivity contribution is 0.0846. The van der Waals surface area contributed by atoms with Gasteiger partial charge in [-0.25, -0.2) is 0 Å². The lowest BCUT2D eigenvalue weighted by Crippen LogP contribution is -2.46. The van der Waals surface area contributed by atoms with E-state index in [1.807, 2.05) is 61.7 Å². The van der Waals surface area contributed by atoms with E-state index in [0.717, 1.165) is 10.5 Å². The normalized spacial score (nSPS) is 13.5. The molecule has 21 heavy (non-hydrogen) atoms. The molecule has 0 heterocycles. The van der Waals surface area contributed by atoms with Crippen molar-refractivity contribution in [2.45, 2.75) is 17.4 Å². The Morgan fingerprint density at radius 3 is 2.38 bits per heavy atom. The van der Waals surface area contributed by atoms with E-state index in [9.17, 15) is 9.90 Å². The number of hydrogen-bond acceptors (Lipinski definition) is 3. The fourth-order valence-corrected chi connectivity index (χ4v) is 2.75. The van der Waals surface area contributed by atoms with Crippen LogP contribution in [0.15, 0.2) is 59.5 Å². The quantitative estimate of drug-likeness (QED) is 0.835. The van der Waals surface area contributed by atoms with Crippen molar-refractivity contribution < 1.29 is 9.90 Å². The van der Waals surface area contributed by atoms with E-state index in [1.165, 1.54) is 11.8 Å². The molecule has 0 radical (unpaired) electrons. The van der Waals surface area contributed by atoms with Crippen LogP contribution in [-0.2, 0) is 5.54 Å². The number of rotatable bonds is 5. The summed E-state index contributed by atoms with van der Waals surface area (Å²) in [6, 6.07) is 17.0. The maximum Gasteiger partial charge on any atom is 0.253 e. The van der Waals surface area contributed by atoms with Gasteiger partial charge >= 0.3 is 0 Å². The maximum atomic E-state index is 12.5. The number of aliphatic hydroxyl groups is 1. The number of hydrogen-bond donors (Lipinski definition) is 2. The van der Waals surface area contributed by atoms with E-state index in [4.69, 9.17) is 0 Å². The van der Waals surface area contributed by atoms with E-state index in [-0.39, 0.29) is 12.5 Å². The molecular formula is C17H19NO2S. The number of aliphatic hydroxyl groups excluding tert-OH is 1. The fourth-order valence-electron chi connectivity index (χ4n) is 2.16. The maximum absolute atomic E-state index is 12.5. The van der Waals surface area contributed by atoms with Gasteiger partial charge in [0.1, 0.15) is 0 Å². The summed E-state index contributed by atoms with van der Waals surface area (Å²) in [5, 5.41) is 12.7. The van der Waals surface area contributed by atoms with Crippen LogP contribution in [0, 0.1) is 0 Å². The largest absolute Gasteiger partial charge is 0.394 e. The minimum atomic E-state index is -0.802. The average molecular weight is 301 g/mol. The molecule has 2 aromatic rings. The van der Waals surface area contributed by atoms with Gasteiger partial charge in [0, 0.05) is 4.90 Å². The highest BCUT2D eigenvalue weighted by Crippen LogP contribution is 2.24. The molecule has 0 saturated carbocycles. The van der Waals surface area contributed by atoms with Crippen LogP contribution in [0.4, 0.5) is 0 Å². The Morgan fingerprint density at radius 1 is 1.14 bits per heavy atom. The van der Waals surface area contributed by atoms with Gasteiger partial charge in [0.05, 0.1) is 17.7 Å². The average Bonchev–Trinajstić information content (AvgIpc) is 2.55. The number of carbonyl (C=O) groups is 1. The summed E-state index contributed by atoms with van der Waals surface area (Å²) in [5.41, 5.74) is 0.701. The predicted octanol–water partition coefficient (Wildman–Crippen LogP) is 3.05. The van der Waals surface area contributed by atoms with Crippen LogP contribution >= 0.6 is 11.8 Å². The van der Waals surface area contributed by atoms with E-state index in [1.54, 1.807) is 6.07 Å². The van der Waals surface area contributed by atoms with Gasteiger partial charge in [0.15, 0.2) is 0 Å². The zero-order valence-corrected chi connectivity index (χ0v) is 13.0. The minimum absolute atomic E-state index is 0.163. The van der Waals surface area contributed by atoms with Crippen LogP contribution in [-0.4, -0.2) is 23.9 Å². The highest BCUT2D eigenvalue weighted by Gasteiger charge is 2.28. The summed E-state index contributed by atoms with van der Waals surface area (Å²) in [5.74, 6) is -0.180. The van der Waals surface area contributed by atoms with Gasteiger partial charge < -0.3 is 10.4 Å². The monoisotopic (exact) mass is 301 g/mol. The van der Waals surface area contributed by atoms with Gasteiger partial charge in [0.25, 0.3) is 5.91 Å². The van der Waals surface area contributed by atoms with E-state index >= 15 is 0 Å². The van der Waals surface area contributed by atoms with Crippen molar-refractivity contribution in [3.8, 4) is 0 Å². The molecule has 4 heteroatoms. The Bertz CT molecular complexity index is 615. The standard InChI is InChI=1S/C17H19NO2S/c1-17(12-19,13-8-4-3-5-9-13)18-16(20)14-10-6-7-11-15(14)21-2/h3-11,19H,12H2,1-2H3,(H,18,20). The molecular weight excluding hydrogens is 282 g/mol. The minimum Gasteiger partial charge on any atom is -0.394 e. The molecule has 2 N–H and O–H groups in total. The summed E-state index contributed by atoms with van der Waals surface area (Å²) in [4.78, 5) is 13.5. The molecule has 0 aliphatic rings. The molecule has 1 amide bonds. The van der Waals surface area contributed by atoms with Crippen LogP contribution in [0.3, 0.4) is 0 Å². The number of nitrogens with one attached hydrogen (secondary N) is 1. The third kappa shape index (κ3) is 3.46. The van der Waals surface area contributed by atoms with Gasteiger partial charge in [-0.1, -0.05) is 42.5 Å². The van der Waals surface area contributed by atoms with Crippen LogP contribution in [0.2, 0.25) is 0 Å². The molecule has 2 aromatic carbocycles. The van der Waals surface area contributed by atoms with Crippen molar-refractivity contribution in [2.24, 2.45) is 0 Å². The van der Waals surface area contributed by atoms with Crippen LogP contribution in [0.25, 0.3) is 0 Å². The number of amides is 1. The highest BCUT2D eigenvalue weighted by atomic mass is 32.2. The zero-order chi connectivity index (χ0) is 15.3. The van der Waals surface area contributed by atoms with Crippen molar-refractivity contribution in [1.29, 1.82) is 0 Å². The SMILES string of the molecule is CSc1ccccc1C(=O)NC(C)(CO)c1ccccc1. The molecule has 0 aliphatic heterocycles. The topological polar surface area (TPSA) is 49.3 Å². The number of carbonyl (C=O) groups excluding carboxylic acids is 1. The molecule has 0 fully saturated rings. The van der Waals surface area contributed by atoms with E-state index in [2.05, 4.69) is 5.32 Å². The molecule has 0 spiro atoms. The second-order valence-electron chi connectivity index (χ2n) is 5.01. The van der Waals surface area contributed by atoms with Gasteiger partial charge in [-0.3, -0.25) is 4.79 Å². The lowest BCUT2D eigenvalue weighted by atomic mass is 9.92. The predicted molar refractivity (Wildman–Crippen MR) is 86.6 cm³/mol. The fraction of sp³-hybridized carbons (Fsp3) is 0.235. The highest BCUT2D eigenvalue weighted by molar-refractivity contribution is 7.98. The summed E-state index contributed by atoms with van der Waals surface area (Å²) in [6.07, 6.45) is 1.94. The van der Waals surface area contributed by atoms with Gasteiger partial charge in [0.2, 0.25) is 0 Å². The van der Waals surface area contributed by atoms with Crippen molar-refractivity contribution in [3.05, 3.63) is 65.7 Å². The first-order valence-corrected chi connectivity index (χ1v) is 7.95. The van der Waals surface area contributed by atoms with Crippen molar-refractivity contribution >= 4 is 17.7 Å². The summed E-state index contributed by atoms with van der Waals surface area (Å²) < 4.78 is 0. The molecule has 1 unspecified atom stereocenters. The molecule has 0 bridgehead atoms. The first-order valence-electron chi connectivity index (χ1n) is 6.72. The first kappa shape index (κ1) is 15.6. The molecule has 3 nitrogen and oxygen atoms in total. The molecule has 0 saturated heterocycles. The van der Waals surface area contributed by atoms with Gasteiger partial charge in [-0.05, 0) is 30.9 Å². The van der Waals surface area contributed by atoms with Crippen LogP contribution in [0.5, 0.6) is 0 Å². The molecule has 0 aromatic heterocycles. The Morgan fingerprint density at radius 2 is 1.76 bits per heavy atom. The Labute approximate surface area is 129 Å². The number of thioether (sulfide) groups is 1. The molecule has 0 aliphatic carbocycles. The van der Waals surface area contributed by atoms with E-state index < -0.39 is 5.54 Å². The van der Waals surface area contributed by atoms with Crippen molar-refractivity contribution in [1.82, 2.24) is 5.32 Å². The molecule has 1 atom stereocenters. The van der Waals surface area contributed by atoms with Crippen LogP contribution in [0.1, 0.15) is 22.8 Å². The first-order chi connectivity index (χ1) is 10.1. The molecule has 2 rings (SSSR count). The number of benzene rings is 2. The third-order valence-corrected chi connectivity index (χ3v) is 4.26. The Balaban J connectivity index is 2.28. The second-order valence-corrected chi connectivity index (χ2v) is 5.86. The summed E-state index contributed by atoms with van der Waals surface area (Å²) >= 11 is 1.53. The second kappa shape index (κ2) is 6.78. The Kier molecular flexibility index (Phi) is 5.04. The van der Waals surface area contributed by atoms with Crippen molar-refractivity contribution in [2.75, 3.05) is 12.9 Å². The zero-order valence-electron chi connectivity index (χ0n) is 12.2. The molecule has 110 valence electrons. The van der Waals surface area contributed by atoms with Crippen LogP contribution < -0.4 is 5.32 Å². The lowest BCUT2D eigenvalue weighted by Gasteiger charge is -2.29. The third-order valence-electron chi connectivity index (χ3n) is 3.47. The van der Waals surface area contributed by atoms with Gasteiger partial charge in [-0.15, -0.1) is 11.8 Å². The van der Waals surface area contributed by atoms with Gasteiger partial charge in [-0.2, -0.15) is 0 Å².